The van der Waals surface area contributed by atoms with Gasteiger partial charge in [0.1, 0.15) is 0 Å². The van der Waals surface area contributed by atoms with E-state index in [9.17, 15) is 4.79 Å². The minimum Gasteiger partial charge on any atom is -0.479 e. The molecule has 0 aromatic heterocycles. The molecule has 2 radical (unpaired) electrons. The maximum absolute atomic E-state index is 9.52. The number of rotatable bonds is 2. The van der Waals surface area contributed by atoms with Gasteiger partial charge in [-0.2, -0.15) is 0 Å². The molecular weight excluding hydrogens is 156 g/mol. The standard InChI is InChI=1S/C3H6O4.Ca.H2O/c4-1-2(5)3(6)7;;/h2,4-5H,1H2,(H,6,7);;1H2. The first-order valence-corrected chi connectivity index (χ1v) is 1.70. The van der Waals surface area contributed by atoms with E-state index in [2.05, 4.69) is 0 Å². The molecule has 5 N–H and O–H groups in total. The Balaban J connectivity index is -0.000000180. The Morgan fingerprint density at radius 1 is 1.56 bits per heavy atom. The molecule has 0 heterocycles. The van der Waals surface area contributed by atoms with E-state index in [1.165, 1.54) is 0 Å². The maximum atomic E-state index is 9.52. The fourth-order valence-corrected chi connectivity index (χ4v) is 0.0781. The summed E-state index contributed by atoms with van der Waals surface area (Å²) in [6, 6.07) is 0. The first-order valence-electron chi connectivity index (χ1n) is 1.70. The Morgan fingerprint density at radius 3 is 1.89 bits per heavy atom. The first-order chi connectivity index (χ1) is 3.18. The van der Waals surface area contributed by atoms with E-state index < -0.39 is 18.7 Å². The second kappa shape index (κ2) is 8.61. The number of hydrogen-bond acceptors (Lipinski definition) is 3. The quantitative estimate of drug-likeness (QED) is 0.383. The van der Waals surface area contributed by atoms with E-state index in [-0.39, 0.29) is 43.2 Å². The van der Waals surface area contributed by atoms with Gasteiger partial charge in [-0.25, -0.2) is 4.79 Å². The second-order valence-electron chi connectivity index (χ2n) is 1.04. The van der Waals surface area contributed by atoms with E-state index in [1.54, 1.807) is 0 Å². The van der Waals surface area contributed by atoms with Crippen LogP contribution in [0.15, 0.2) is 0 Å². The summed E-state index contributed by atoms with van der Waals surface area (Å²) in [6.07, 6.45) is -1.63. The topological polar surface area (TPSA) is 109 Å². The van der Waals surface area contributed by atoms with Crippen LogP contribution >= 0.6 is 0 Å². The van der Waals surface area contributed by atoms with Crippen molar-refractivity contribution in [2.75, 3.05) is 6.61 Å². The van der Waals surface area contributed by atoms with Crippen molar-refractivity contribution in [3.8, 4) is 0 Å². The molecule has 0 amide bonds. The number of aliphatic carboxylic acids is 1. The van der Waals surface area contributed by atoms with Gasteiger partial charge in [0.2, 0.25) is 0 Å². The van der Waals surface area contributed by atoms with Crippen LogP contribution in [0.3, 0.4) is 0 Å². The average Bonchev–Trinajstić information content (AvgIpc) is 1.65. The smallest absolute Gasteiger partial charge is 0.334 e. The molecule has 0 aromatic rings. The second-order valence-corrected chi connectivity index (χ2v) is 1.04. The van der Waals surface area contributed by atoms with Gasteiger partial charge in [0.25, 0.3) is 0 Å². The number of aliphatic hydroxyl groups is 2. The Hall–Kier alpha value is 0.610. The minimum absolute atomic E-state index is 0. The van der Waals surface area contributed by atoms with Crippen molar-refractivity contribution >= 4 is 43.7 Å². The normalized spacial score (nSPS) is 10.4. The predicted molar refractivity (Wildman–Crippen MR) is 30.1 cm³/mol. The van der Waals surface area contributed by atoms with Gasteiger partial charge < -0.3 is 20.8 Å². The van der Waals surface area contributed by atoms with Crippen LogP contribution in [-0.4, -0.2) is 77.2 Å². The van der Waals surface area contributed by atoms with Gasteiger partial charge in [0.15, 0.2) is 6.10 Å². The maximum Gasteiger partial charge on any atom is 0.334 e. The summed E-state index contributed by atoms with van der Waals surface area (Å²) in [5, 5.41) is 23.7. The number of aliphatic hydroxyl groups excluding tert-OH is 2. The molecule has 0 saturated heterocycles. The van der Waals surface area contributed by atoms with Crippen LogP contribution in [0.5, 0.6) is 0 Å². The molecule has 9 heavy (non-hydrogen) atoms. The SMILES string of the molecule is O.O=C(O)C(O)CO.[Ca]. The van der Waals surface area contributed by atoms with Crippen molar-refractivity contribution in [1.82, 2.24) is 0 Å². The first kappa shape index (κ1) is 16.3. The molecule has 6 heteroatoms. The zero-order valence-corrected chi connectivity index (χ0v) is 6.95. The summed E-state index contributed by atoms with van der Waals surface area (Å²) in [5.41, 5.74) is 0. The predicted octanol–water partition coefficient (Wildman–Crippen LogP) is -2.78. The Bertz CT molecular complexity index is 74.6. The third kappa shape index (κ3) is 8.61. The van der Waals surface area contributed by atoms with E-state index in [0.29, 0.717) is 0 Å². The van der Waals surface area contributed by atoms with Crippen molar-refractivity contribution in [2.24, 2.45) is 0 Å². The van der Waals surface area contributed by atoms with Crippen LogP contribution in [0.25, 0.3) is 0 Å². The Labute approximate surface area is 81.6 Å². The summed E-state index contributed by atoms with van der Waals surface area (Å²) in [5.74, 6) is -1.40. The molecule has 5 nitrogen and oxygen atoms in total. The third-order valence-electron chi connectivity index (χ3n) is 0.458. The van der Waals surface area contributed by atoms with Gasteiger partial charge in [-0.15, -0.1) is 0 Å². The van der Waals surface area contributed by atoms with Crippen molar-refractivity contribution in [3.05, 3.63) is 0 Å². The van der Waals surface area contributed by atoms with Crippen LogP contribution in [0.2, 0.25) is 0 Å². The molecule has 0 bridgehead atoms. The number of carbonyl (C=O) groups is 1. The van der Waals surface area contributed by atoms with Crippen LogP contribution in [-0.2, 0) is 4.79 Å². The van der Waals surface area contributed by atoms with Gasteiger partial charge in [0, 0.05) is 37.7 Å². The molecule has 0 fully saturated rings. The van der Waals surface area contributed by atoms with Gasteiger partial charge in [-0.3, -0.25) is 0 Å². The summed E-state index contributed by atoms with van der Waals surface area (Å²) in [6.45, 7) is -0.727. The van der Waals surface area contributed by atoms with Crippen molar-refractivity contribution < 1.29 is 25.6 Å². The molecule has 0 spiro atoms. The molecular formula is C3H8CaO5. The Kier molecular flexibility index (Phi) is 15.6. The fourth-order valence-electron chi connectivity index (χ4n) is 0.0781. The van der Waals surface area contributed by atoms with E-state index in [4.69, 9.17) is 15.3 Å². The molecule has 1 atom stereocenters. The van der Waals surface area contributed by atoms with Gasteiger partial charge in [-0.1, -0.05) is 0 Å². The zero-order chi connectivity index (χ0) is 5.86. The van der Waals surface area contributed by atoms with E-state index in [1.807, 2.05) is 0 Å². The van der Waals surface area contributed by atoms with Crippen LogP contribution in [0.1, 0.15) is 0 Å². The average molecular weight is 164 g/mol. The molecule has 0 rings (SSSR count). The monoisotopic (exact) mass is 164 g/mol. The minimum atomic E-state index is -1.63. The number of carboxylic acids is 1. The van der Waals surface area contributed by atoms with Gasteiger partial charge in [0.05, 0.1) is 6.61 Å². The molecule has 0 saturated carbocycles. The molecule has 0 aliphatic carbocycles. The summed E-state index contributed by atoms with van der Waals surface area (Å²) in [7, 11) is 0. The molecule has 0 aliphatic heterocycles. The molecule has 0 aromatic carbocycles. The third-order valence-corrected chi connectivity index (χ3v) is 0.458. The molecule has 1 unspecified atom stereocenters. The van der Waals surface area contributed by atoms with Crippen LogP contribution in [0, 0.1) is 0 Å². The summed E-state index contributed by atoms with van der Waals surface area (Å²) >= 11 is 0. The zero-order valence-electron chi connectivity index (χ0n) is 4.74. The van der Waals surface area contributed by atoms with Crippen molar-refractivity contribution in [3.63, 3.8) is 0 Å². The Morgan fingerprint density at radius 2 is 1.89 bits per heavy atom. The van der Waals surface area contributed by atoms with E-state index >= 15 is 0 Å². The van der Waals surface area contributed by atoms with Gasteiger partial charge in [-0.05, 0) is 0 Å². The van der Waals surface area contributed by atoms with Crippen LogP contribution in [0.4, 0.5) is 0 Å². The number of hydrogen-bond donors (Lipinski definition) is 3. The largest absolute Gasteiger partial charge is 0.479 e. The van der Waals surface area contributed by atoms with Gasteiger partial charge >= 0.3 is 5.97 Å². The summed E-state index contributed by atoms with van der Waals surface area (Å²) < 4.78 is 0. The number of carboxylic acid groups (broad SMARTS) is 1. The molecule has 52 valence electrons. The summed E-state index contributed by atoms with van der Waals surface area (Å²) in [4.78, 5) is 9.52. The fraction of sp³-hybridized carbons (Fsp3) is 0.667. The van der Waals surface area contributed by atoms with Crippen LogP contribution < -0.4 is 0 Å². The molecule has 0 aliphatic rings. The van der Waals surface area contributed by atoms with Crippen molar-refractivity contribution in [2.45, 2.75) is 6.10 Å². The van der Waals surface area contributed by atoms with E-state index in [0.717, 1.165) is 0 Å². The van der Waals surface area contributed by atoms with Crippen molar-refractivity contribution in [1.29, 1.82) is 0 Å².